The van der Waals surface area contributed by atoms with E-state index < -0.39 is 17.1 Å². The zero-order chi connectivity index (χ0) is 25.9. The summed E-state index contributed by atoms with van der Waals surface area (Å²) >= 11 is 2.31. The summed E-state index contributed by atoms with van der Waals surface area (Å²) in [6, 6.07) is 16.0. The summed E-state index contributed by atoms with van der Waals surface area (Å²) in [6.45, 7) is 8.09. The van der Waals surface area contributed by atoms with Crippen molar-refractivity contribution < 1.29 is 19.1 Å². The Hall–Kier alpha value is -2.46. The maximum atomic E-state index is 13.5. The first-order valence-corrected chi connectivity index (χ1v) is 13.5. The van der Waals surface area contributed by atoms with Crippen molar-refractivity contribution in [3.63, 3.8) is 0 Å². The van der Waals surface area contributed by atoms with Crippen molar-refractivity contribution in [2.45, 2.75) is 64.0 Å². The highest BCUT2D eigenvalue weighted by Crippen LogP contribution is 2.45. The number of carbonyl (C=O) groups excluding carboxylic acids is 3. The van der Waals surface area contributed by atoms with Crippen LogP contribution in [0.25, 0.3) is 0 Å². The van der Waals surface area contributed by atoms with E-state index in [1.165, 1.54) is 9.13 Å². The normalized spacial score (nSPS) is 21.7. The van der Waals surface area contributed by atoms with E-state index in [0.717, 1.165) is 38.0 Å². The summed E-state index contributed by atoms with van der Waals surface area (Å²) in [7, 11) is 0. The lowest BCUT2D eigenvalue weighted by Crippen LogP contribution is -2.57. The van der Waals surface area contributed by atoms with Crippen molar-refractivity contribution in [1.82, 2.24) is 10.2 Å². The molecule has 192 valence electrons. The van der Waals surface area contributed by atoms with E-state index in [1.807, 2.05) is 39.0 Å². The summed E-state index contributed by atoms with van der Waals surface area (Å²) < 4.78 is 6.61. The third-order valence-corrected chi connectivity index (χ3v) is 7.75. The van der Waals surface area contributed by atoms with Crippen LogP contribution in [0.15, 0.2) is 48.5 Å². The molecule has 2 aromatic rings. The molecule has 7 nitrogen and oxygen atoms in total. The van der Waals surface area contributed by atoms with Gasteiger partial charge in [0, 0.05) is 22.2 Å². The second-order valence-corrected chi connectivity index (χ2v) is 12.0. The monoisotopic (exact) mass is 603 g/mol. The number of likely N-dealkylation sites (tertiary alicyclic amines) is 1. The van der Waals surface area contributed by atoms with Gasteiger partial charge in [0.2, 0.25) is 11.8 Å². The molecule has 2 N–H and O–H groups in total. The molecule has 2 fully saturated rings. The molecule has 2 aromatic carbocycles. The van der Waals surface area contributed by atoms with Crippen LogP contribution >= 0.6 is 22.6 Å². The number of rotatable bonds is 5. The van der Waals surface area contributed by atoms with Crippen LogP contribution in [0.4, 0.5) is 10.5 Å². The second-order valence-electron chi connectivity index (χ2n) is 10.7. The molecule has 1 atom stereocenters. The van der Waals surface area contributed by atoms with Crippen molar-refractivity contribution in [3.05, 3.63) is 63.2 Å². The Balaban J connectivity index is 1.53. The number of carbonyl (C=O) groups is 3. The first kappa shape index (κ1) is 26.6. The van der Waals surface area contributed by atoms with Gasteiger partial charge in [-0.3, -0.25) is 25.1 Å². The van der Waals surface area contributed by atoms with Crippen molar-refractivity contribution in [2.24, 2.45) is 5.92 Å². The molecule has 2 saturated heterocycles. The summed E-state index contributed by atoms with van der Waals surface area (Å²) in [4.78, 5) is 40.4. The number of hydrogen-bond donors (Lipinski definition) is 2. The standard InChI is InChI=1S/C28H34IN3O4/c1-27(2,3)36-26(35)30-23-6-4-5-21(17-23)28(14-11-24(33)31-25(28)34)20-12-15-32(16-13-20)18-19-7-9-22(29)10-8-19/h4-10,17,20H,11-16,18H2,1-3H3,(H,30,35)(H,31,33,34). The molecule has 1 unspecified atom stereocenters. The largest absolute Gasteiger partial charge is 0.444 e. The molecule has 2 aliphatic rings. The molecule has 0 aromatic heterocycles. The zero-order valence-corrected chi connectivity index (χ0v) is 23.3. The Morgan fingerprint density at radius 1 is 1.14 bits per heavy atom. The van der Waals surface area contributed by atoms with Gasteiger partial charge in [0.25, 0.3) is 0 Å². The van der Waals surface area contributed by atoms with Gasteiger partial charge in [-0.2, -0.15) is 0 Å². The molecule has 2 heterocycles. The van der Waals surface area contributed by atoms with Crippen molar-refractivity contribution >= 4 is 46.2 Å². The van der Waals surface area contributed by atoms with Crippen molar-refractivity contribution in [3.8, 4) is 0 Å². The number of nitrogens with one attached hydrogen (secondary N) is 2. The summed E-state index contributed by atoms with van der Waals surface area (Å²) in [6.07, 6.45) is 1.94. The molecule has 8 heteroatoms. The fourth-order valence-electron chi connectivity index (χ4n) is 5.35. The molecule has 2 aliphatic heterocycles. The number of piperidine rings is 2. The lowest BCUT2D eigenvalue weighted by Gasteiger charge is -2.45. The Kier molecular flexibility index (Phi) is 8.04. The number of imide groups is 1. The van der Waals surface area contributed by atoms with Gasteiger partial charge in [-0.15, -0.1) is 0 Å². The first-order valence-electron chi connectivity index (χ1n) is 12.5. The fourth-order valence-corrected chi connectivity index (χ4v) is 5.71. The molecule has 3 amide bonds. The number of anilines is 1. The van der Waals surface area contributed by atoms with Crippen LogP contribution in [0.3, 0.4) is 0 Å². The molecular weight excluding hydrogens is 569 g/mol. The van der Waals surface area contributed by atoms with Gasteiger partial charge in [0.05, 0.1) is 5.41 Å². The lowest BCUT2D eigenvalue weighted by atomic mass is 9.62. The topological polar surface area (TPSA) is 87.7 Å². The smallest absolute Gasteiger partial charge is 0.412 e. The first-order chi connectivity index (χ1) is 17.0. The van der Waals surface area contributed by atoms with E-state index in [2.05, 4.69) is 62.4 Å². The second kappa shape index (κ2) is 10.9. The van der Waals surface area contributed by atoms with Crippen LogP contribution < -0.4 is 10.6 Å². The SMILES string of the molecule is CC(C)(C)OC(=O)Nc1cccc(C2(C3CCN(Cc4ccc(I)cc4)CC3)CCC(=O)NC2=O)c1. The van der Waals surface area contributed by atoms with E-state index in [9.17, 15) is 14.4 Å². The van der Waals surface area contributed by atoms with E-state index in [1.54, 1.807) is 6.07 Å². The van der Waals surface area contributed by atoms with Crippen LogP contribution in [0.1, 0.15) is 57.6 Å². The summed E-state index contributed by atoms with van der Waals surface area (Å²) in [5.74, 6) is -0.366. The third kappa shape index (κ3) is 6.26. The van der Waals surface area contributed by atoms with Gasteiger partial charge in [-0.1, -0.05) is 24.3 Å². The highest BCUT2D eigenvalue weighted by Gasteiger charge is 2.50. The molecule has 0 spiro atoms. The molecule has 0 saturated carbocycles. The van der Waals surface area contributed by atoms with Crippen LogP contribution in [0.5, 0.6) is 0 Å². The van der Waals surface area contributed by atoms with Gasteiger partial charge in [0.15, 0.2) is 0 Å². The van der Waals surface area contributed by atoms with Crippen LogP contribution in [0, 0.1) is 9.49 Å². The highest BCUT2D eigenvalue weighted by molar-refractivity contribution is 14.1. The number of hydrogen-bond acceptors (Lipinski definition) is 5. The predicted molar refractivity (Wildman–Crippen MR) is 148 cm³/mol. The van der Waals surface area contributed by atoms with Crippen LogP contribution in [-0.2, 0) is 26.3 Å². The average Bonchev–Trinajstić information content (AvgIpc) is 2.80. The molecule has 0 aliphatic carbocycles. The van der Waals surface area contributed by atoms with E-state index in [0.29, 0.717) is 18.5 Å². The van der Waals surface area contributed by atoms with Crippen LogP contribution in [-0.4, -0.2) is 41.5 Å². The van der Waals surface area contributed by atoms with E-state index >= 15 is 0 Å². The van der Waals surface area contributed by atoms with Crippen molar-refractivity contribution in [1.29, 1.82) is 0 Å². The van der Waals surface area contributed by atoms with Gasteiger partial charge in [-0.25, -0.2) is 4.79 Å². The fraction of sp³-hybridized carbons (Fsp3) is 0.464. The maximum absolute atomic E-state index is 13.5. The van der Waals surface area contributed by atoms with E-state index in [-0.39, 0.29) is 17.7 Å². The average molecular weight is 604 g/mol. The lowest BCUT2D eigenvalue weighted by molar-refractivity contribution is -0.140. The number of ether oxygens (including phenoxy) is 1. The van der Waals surface area contributed by atoms with Gasteiger partial charge in [-0.05, 0) is 117 Å². The Labute approximate surface area is 226 Å². The maximum Gasteiger partial charge on any atom is 0.412 e. The number of amides is 3. The Morgan fingerprint density at radius 3 is 2.47 bits per heavy atom. The molecule has 0 radical (unpaired) electrons. The Morgan fingerprint density at radius 2 is 1.83 bits per heavy atom. The summed E-state index contributed by atoms with van der Waals surface area (Å²) in [5, 5.41) is 5.40. The third-order valence-electron chi connectivity index (χ3n) is 7.03. The molecule has 36 heavy (non-hydrogen) atoms. The predicted octanol–water partition coefficient (Wildman–Crippen LogP) is 5.22. The number of benzene rings is 2. The van der Waals surface area contributed by atoms with Crippen molar-refractivity contribution in [2.75, 3.05) is 18.4 Å². The number of nitrogens with zero attached hydrogens (tertiary/aromatic N) is 1. The minimum Gasteiger partial charge on any atom is -0.444 e. The quantitative estimate of drug-likeness (QED) is 0.362. The van der Waals surface area contributed by atoms with E-state index in [4.69, 9.17) is 4.74 Å². The molecule has 4 rings (SSSR count). The Bertz CT molecular complexity index is 1120. The minimum atomic E-state index is -0.811. The molecule has 0 bridgehead atoms. The highest BCUT2D eigenvalue weighted by atomic mass is 127. The minimum absolute atomic E-state index is 0.0929. The van der Waals surface area contributed by atoms with Crippen LogP contribution in [0.2, 0.25) is 0 Å². The van der Waals surface area contributed by atoms with Gasteiger partial charge < -0.3 is 4.74 Å². The molecular formula is C28H34IN3O4. The zero-order valence-electron chi connectivity index (χ0n) is 21.1. The van der Waals surface area contributed by atoms with Gasteiger partial charge in [0.1, 0.15) is 5.60 Å². The summed E-state index contributed by atoms with van der Waals surface area (Å²) in [5.41, 5.74) is 1.26. The van der Waals surface area contributed by atoms with Gasteiger partial charge >= 0.3 is 6.09 Å². The number of halogens is 1.